The van der Waals surface area contributed by atoms with Gasteiger partial charge in [0.25, 0.3) is 0 Å². The Morgan fingerprint density at radius 3 is 2.67 bits per heavy atom. The highest BCUT2D eigenvalue weighted by Crippen LogP contribution is 2.31. The Balaban J connectivity index is 2.32. The van der Waals surface area contributed by atoms with Crippen molar-refractivity contribution in [2.24, 2.45) is 5.92 Å². The summed E-state index contributed by atoms with van der Waals surface area (Å²) in [4.78, 5) is 0.390. The molecule has 0 N–H and O–H groups in total. The van der Waals surface area contributed by atoms with Gasteiger partial charge in [0.15, 0.2) is 0 Å². The van der Waals surface area contributed by atoms with Crippen LogP contribution in [0.2, 0.25) is 0 Å². The Bertz CT molecular complexity index is 600. The average Bonchev–Trinajstić information content (AvgIpc) is 2.46. The third-order valence-corrected chi connectivity index (χ3v) is 6.85. The Hall–Kier alpha value is -0.580. The molecule has 3 nitrogen and oxygen atoms in total. The fraction of sp³-hybridized carbons (Fsp3) is 0.625. The number of rotatable bonds is 4. The Kier molecular flexibility index (Phi) is 5.33. The first-order valence-corrected chi connectivity index (χ1v) is 9.47. The van der Waals surface area contributed by atoms with E-state index in [0.717, 1.165) is 30.4 Å². The lowest BCUT2D eigenvalue weighted by Crippen LogP contribution is -2.40. The van der Waals surface area contributed by atoms with E-state index in [9.17, 15) is 8.42 Å². The first kappa shape index (κ1) is 16.8. The Labute approximate surface area is 133 Å². The van der Waals surface area contributed by atoms with E-state index in [4.69, 9.17) is 11.6 Å². The second-order valence-corrected chi connectivity index (χ2v) is 8.41. The number of aryl methyl sites for hydroxylation is 1. The van der Waals surface area contributed by atoms with Crippen molar-refractivity contribution in [2.75, 3.05) is 7.05 Å². The zero-order valence-electron chi connectivity index (χ0n) is 13.0. The van der Waals surface area contributed by atoms with Gasteiger partial charge in [-0.2, -0.15) is 4.31 Å². The zero-order chi connectivity index (χ0) is 15.6. The standard InChI is InChI=1S/C16H24ClNO2S/c1-12-5-4-6-15(9-12)18(3)21(19,20)16-10-14(11-17)8-7-13(16)2/h7-8,10,12,15H,4-6,9,11H2,1-3H3. The van der Waals surface area contributed by atoms with Crippen LogP contribution in [-0.4, -0.2) is 25.8 Å². The smallest absolute Gasteiger partial charge is 0.207 e. The maximum Gasteiger partial charge on any atom is 0.243 e. The number of hydrogen-bond acceptors (Lipinski definition) is 2. The minimum Gasteiger partial charge on any atom is -0.207 e. The largest absolute Gasteiger partial charge is 0.243 e. The van der Waals surface area contributed by atoms with Crippen LogP contribution in [0.25, 0.3) is 0 Å². The average molecular weight is 330 g/mol. The molecule has 1 saturated carbocycles. The van der Waals surface area contributed by atoms with Crippen molar-refractivity contribution in [1.82, 2.24) is 4.31 Å². The van der Waals surface area contributed by atoms with E-state index in [1.165, 1.54) is 6.42 Å². The molecule has 2 rings (SSSR count). The van der Waals surface area contributed by atoms with Gasteiger partial charge in [0.2, 0.25) is 10.0 Å². The van der Waals surface area contributed by atoms with Crippen LogP contribution in [-0.2, 0) is 15.9 Å². The maximum atomic E-state index is 12.9. The second-order valence-electron chi connectivity index (χ2n) is 6.18. The van der Waals surface area contributed by atoms with Gasteiger partial charge >= 0.3 is 0 Å². The highest BCUT2D eigenvalue weighted by molar-refractivity contribution is 7.89. The van der Waals surface area contributed by atoms with E-state index < -0.39 is 10.0 Å². The molecule has 2 atom stereocenters. The van der Waals surface area contributed by atoms with Crippen LogP contribution in [0.5, 0.6) is 0 Å². The summed E-state index contributed by atoms with van der Waals surface area (Å²) in [6.07, 6.45) is 4.20. The summed E-state index contributed by atoms with van der Waals surface area (Å²) in [7, 11) is -1.74. The zero-order valence-corrected chi connectivity index (χ0v) is 14.5. The predicted octanol–water partition coefficient (Wildman–Crippen LogP) is 3.93. The lowest BCUT2D eigenvalue weighted by molar-refractivity contribution is 0.239. The molecule has 0 spiro atoms. The molecule has 0 radical (unpaired) electrons. The van der Waals surface area contributed by atoms with Gasteiger partial charge in [-0.3, -0.25) is 0 Å². The van der Waals surface area contributed by atoms with E-state index in [2.05, 4.69) is 6.92 Å². The van der Waals surface area contributed by atoms with Crippen molar-refractivity contribution in [3.63, 3.8) is 0 Å². The fourth-order valence-corrected chi connectivity index (χ4v) is 4.92. The molecule has 21 heavy (non-hydrogen) atoms. The molecule has 0 aliphatic heterocycles. The SMILES string of the molecule is Cc1ccc(CCl)cc1S(=O)(=O)N(C)C1CCCC(C)C1. The van der Waals surface area contributed by atoms with E-state index in [0.29, 0.717) is 16.7 Å². The topological polar surface area (TPSA) is 37.4 Å². The first-order chi connectivity index (χ1) is 9.86. The summed E-state index contributed by atoms with van der Waals surface area (Å²) in [6, 6.07) is 5.53. The summed E-state index contributed by atoms with van der Waals surface area (Å²) in [5, 5.41) is 0. The van der Waals surface area contributed by atoms with Crippen LogP contribution in [0.1, 0.15) is 43.7 Å². The number of nitrogens with zero attached hydrogens (tertiary/aromatic N) is 1. The molecule has 1 aromatic carbocycles. The van der Waals surface area contributed by atoms with Gasteiger partial charge in [0.05, 0.1) is 4.90 Å². The van der Waals surface area contributed by atoms with Crippen molar-refractivity contribution >= 4 is 21.6 Å². The predicted molar refractivity (Wildman–Crippen MR) is 87.1 cm³/mol. The Morgan fingerprint density at radius 1 is 1.33 bits per heavy atom. The third kappa shape index (κ3) is 3.61. The summed E-state index contributed by atoms with van der Waals surface area (Å²) in [5.41, 5.74) is 1.62. The molecule has 1 aliphatic rings. The van der Waals surface area contributed by atoms with Crippen LogP contribution in [0.3, 0.4) is 0 Å². The summed E-state index contributed by atoms with van der Waals surface area (Å²) in [5.74, 6) is 0.921. The third-order valence-electron chi connectivity index (χ3n) is 4.49. The summed E-state index contributed by atoms with van der Waals surface area (Å²) >= 11 is 5.84. The fourth-order valence-electron chi connectivity index (χ4n) is 3.09. The lowest BCUT2D eigenvalue weighted by Gasteiger charge is -2.33. The molecule has 1 aromatic rings. The minimum atomic E-state index is -3.45. The summed E-state index contributed by atoms with van der Waals surface area (Å²) in [6.45, 7) is 4.04. The number of sulfonamides is 1. The van der Waals surface area contributed by atoms with Gasteiger partial charge in [0.1, 0.15) is 0 Å². The van der Waals surface area contributed by atoms with E-state index in [1.807, 2.05) is 19.1 Å². The second kappa shape index (κ2) is 6.67. The van der Waals surface area contributed by atoms with Gasteiger partial charge < -0.3 is 0 Å². The number of benzene rings is 1. The molecule has 0 heterocycles. The number of alkyl halides is 1. The van der Waals surface area contributed by atoms with Gasteiger partial charge in [-0.1, -0.05) is 31.9 Å². The molecule has 118 valence electrons. The van der Waals surface area contributed by atoms with Crippen molar-refractivity contribution in [3.05, 3.63) is 29.3 Å². The molecule has 0 aromatic heterocycles. The van der Waals surface area contributed by atoms with Gasteiger partial charge in [-0.15, -0.1) is 11.6 Å². The Morgan fingerprint density at radius 2 is 2.05 bits per heavy atom. The molecule has 0 saturated heterocycles. The van der Waals surface area contributed by atoms with E-state index in [-0.39, 0.29) is 6.04 Å². The normalized spacial score (nSPS) is 23.5. The number of hydrogen-bond donors (Lipinski definition) is 0. The number of halogens is 1. The first-order valence-electron chi connectivity index (χ1n) is 7.49. The molecule has 1 fully saturated rings. The molecule has 5 heteroatoms. The van der Waals surface area contributed by atoms with Crippen LogP contribution >= 0.6 is 11.6 Å². The molecule has 0 amide bonds. The molecular formula is C16H24ClNO2S. The highest BCUT2D eigenvalue weighted by Gasteiger charge is 2.31. The maximum absolute atomic E-state index is 12.9. The highest BCUT2D eigenvalue weighted by atomic mass is 35.5. The van der Waals surface area contributed by atoms with Crippen molar-refractivity contribution < 1.29 is 8.42 Å². The lowest BCUT2D eigenvalue weighted by atomic mass is 9.87. The van der Waals surface area contributed by atoms with Crippen LogP contribution in [0.15, 0.2) is 23.1 Å². The monoisotopic (exact) mass is 329 g/mol. The summed E-state index contributed by atoms with van der Waals surface area (Å²) < 4.78 is 27.4. The molecule has 2 unspecified atom stereocenters. The van der Waals surface area contributed by atoms with Crippen molar-refractivity contribution in [2.45, 2.75) is 56.3 Å². The van der Waals surface area contributed by atoms with Crippen LogP contribution in [0.4, 0.5) is 0 Å². The van der Waals surface area contributed by atoms with Gasteiger partial charge in [0, 0.05) is 19.0 Å². The molecular weight excluding hydrogens is 306 g/mol. The van der Waals surface area contributed by atoms with E-state index in [1.54, 1.807) is 17.4 Å². The van der Waals surface area contributed by atoms with Crippen molar-refractivity contribution in [3.8, 4) is 0 Å². The molecule has 1 aliphatic carbocycles. The van der Waals surface area contributed by atoms with Crippen LogP contribution < -0.4 is 0 Å². The van der Waals surface area contributed by atoms with Gasteiger partial charge in [-0.25, -0.2) is 8.42 Å². The van der Waals surface area contributed by atoms with Crippen molar-refractivity contribution in [1.29, 1.82) is 0 Å². The minimum absolute atomic E-state index is 0.109. The quantitative estimate of drug-likeness (QED) is 0.785. The van der Waals surface area contributed by atoms with E-state index >= 15 is 0 Å². The molecule has 0 bridgehead atoms. The van der Waals surface area contributed by atoms with Crippen LogP contribution in [0, 0.1) is 12.8 Å². The van der Waals surface area contributed by atoms with Gasteiger partial charge in [-0.05, 0) is 42.9 Å².